The molecule has 1 heterocycles. The van der Waals surface area contributed by atoms with Gasteiger partial charge < -0.3 is 10.3 Å². The van der Waals surface area contributed by atoms with Crippen molar-refractivity contribution in [3.63, 3.8) is 0 Å². The number of aromatic nitrogens is 2. The van der Waals surface area contributed by atoms with Crippen molar-refractivity contribution < 1.29 is 4.79 Å². The van der Waals surface area contributed by atoms with Gasteiger partial charge in [0.25, 0.3) is 0 Å². The molecule has 1 aromatic heterocycles. The molecule has 2 aromatic carbocycles. The van der Waals surface area contributed by atoms with E-state index < -0.39 is 0 Å². The third kappa shape index (κ3) is 3.32. The van der Waals surface area contributed by atoms with Crippen molar-refractivity contribution >= 4 is 35.6 Å². The Labute approximate surface area is 140 Å². The number of rotatable bonds is 4. The maximum Gasteiger partial charge on any atom is 0.332 e. The fraction of sp³-hybridized carbons (Fsp3) is 0.176. The first-order valence-electron chi connectivity index (χ1n) is 7.46. The highest BCUT2D eigenvalue weighted by Gasteiger charge is 2.17. The van der Waals surface area contributed by atoms with E-state index in [1.54, 1.807) is 6.33 Å². The first-order valence-corrected chi connectivity index (χ1v) is 7.86. The molecule has 0 aliphatic carbocycles. The van der Waals surface area contributed by atoms with Gasteiger partial charge in [0.15, 0.2) is 0 Å². The number of benzene rings is 2. The minimum atomic E-state index is -0.265. The van der Waals surface area contributed by atoms with Crippen LogP contribution < -0.4 is 9.62 Å². The molecule has 3 aromatic rings. The summed E-state index contributed by atoms with van der Waals surface area (Å²) in [5.74, 6) is 0. The van der Waals surface area contributed by atoms with E-state index >= 15 is 0 Å². The molecule has 0 saturated heterocycles. The molecule has 0 fully saturated rings. The lowest BCUT2D eigenvalue weighted by Gasteiger charge is -2.22. The van der Waals surface area contributed by atoms with E-state index in [4.69, 9.17) is 0 Å². The molecule has 118 valence electrons. The lowest BCUT2D eigenvalue weighted by atomic mass is 10.1. The Morgan fingerprint density at radius 3 is 2.83 bits per heavy atom. The van der Waals surface area contributed by atoms with Crippen molar-refractivity contribution in [1.82, 2.24) is 15.3 Å². The number of fused-ring (bicyclic) bond motifs is 1. The molecule has 0 saturated carbocycles. The number of nitrogens with one attached hydrogen (secondary N) is 2. The van der Waals surface area contributed by atoms with Gasteiger partial charge in [0, 0.05) is 0 Å². The summed E-state index contributed by atoms with van der Waals surface area (Å²) < 4.78 is 1.31. The van der Waals surface area contributed by atoms with Crippen molar-refractivity contribution in [3.8, 4) is 0 Å². The van der Waals surface area contributed by atoms with Gasteiger partial charge in [0.1, 0.15) is 0 Å². The normalized spacial score (nSPS) is 12.1. The average molecular weight is 326 g/mol. The number of nitrogens with zero attached hydrogens (tertiary/aromatic N) is 2. The number of hydrogen-bond acceptors (Lipinski definition) is 3. The Balaban J connectivity index is 1.76. The highest BCUT2D eigenvalue weighted by Crippen LogP contribution is 2.23. The van der Waals surface area contributed by atoms with Crippen molar-refractivity contribution in [2.75, 3.05) is 4.31 Å². The zero-order chi connectivity index (χ0) is 16.2. The molecule has 0 bridgehead atoms. The van der Waals surface area contributed by atoms with E-state index in [1.165, 1.54) is 4.31 Å². The largest absolute Gasteiger partial charge is 0.345 e. The van der Waals surface area contributed by atoms with E-state index in [9.17, 15) is 4.79 Å². The molecule has 0 radical (unpaired) electrons. The summed E-state index contributed by atoms with van der Waals surface area (Å²) in [6.45, 7) is 2.04. The summed E-state index contributed by atoms with van der Waals surface area (Å²) in [7, 11) is 0. The van der Waals surface area contributed by atoms with Gasteiger partial charge in [-0.05, 0) is 30.2 Å². The van der Waals surface area contributed by atoms with Gasteiger partial charge >= 0.3 is 6.03 Å². The van der Waals surface area contributed by atoms with Crippen LogP contribution in [0.25, 0.3) is 11.0 Å². The first-order chi connectivity index (χ1) is 11.2. The highest BCUT2D eigenvalue weighted by atomic mass is 32.1. The van der Waals surface area contributed by atoms with E-state index in [1.807, 2.05) is 55.5 Å². The van der Waals surface area contributed by atoms with Crippen molar-refractivity contribution in [2.24, 2.45) is 0 Å². The standard InChI is InChI=1S/C17H18N4OS/c1-2-14(12-6-4-3-5-7-12)20-17(22)21(23)13-8-9-15-16(10-13)19-11-18-15/h3-11,14,23H,2H2,1H3,(H,18,19)(H,20,22)/t14-/m1/s1. The summed E-state index contributed by atoms with van der Waals surface area (Å²) in [6.07, 6.45) is 2.43. The van der Waals surface area contributed by atoms with Gasteiger partial charge in [-0.25, -0.2) is 14.1 Å². The number of urea groups is 1. The molecule has 3 rings (SSSR count). The molecule has 23 heavy (non-hydrogen) atoms. The van der Waals surface area contributed by atoms with Crippen LogP contribution in [0.5, 0.6) is 0 Å². The summed E-state index contributed by atoms with van der Waals surface area (Å²) >= 11 is 4.33. The zero-order valence-corrected chi connectivity index (χ0v) is 13.6. The molecule has 0 unspecified atom stereocenters. The van der Waals surface area contributed by atoms with Crippen molar-refractivity contribution in [3.05, 3.63) is 60.4 Å². The molecule has 0 aliphatic rings. The molecular weight excluding hydrogens is 308 g/mol. The predicted octanol–water partition coefficient (Wildman–Crippen LogP) is 4.08. The van der Waals surface area contributed by atoms with Gasteiger partial charge in [-0.2, -0.15) is 0 Å². The van der Waals surface area contributed by atoms with Crippen LogP contribution in [0, 0.1) is 0 Å². The smallest absolute Gasteiger partial charge is 0.332 e. The minimum Gasteiger partial charge on any atom is -0.345 e. The van der Waals surface area contributed by atoms with Crippen molar-refractivity contribution in [2.45, 2.75) is 19.4 Å². The van der Waals surface area contributed by atoms with E-state index in [-0.39, 0.29) is 12.1 Å². The number of imidazole rings is 1. The topological polar surface area (TPSA) is 61.0 Å². The average Bonchev–Trinajstić information content (AvgIpc) is 3.07. The van der Waals surface area contributed by atoms with Crippen molar-refractivity contribution in [1.29, 1.82) is 0 Å². The number of thiol groups is 1. The minimum absolute atomic E-state index is 0.0486. The van der Waals surface area contributed by atoms with Crippen LogP contribution in [0.2, 0.25) is 0 Å². The molecular formula is C17H18N4OS. The van der Waals surface area contributed by atoms with E-state index in [0.29, 0.717) is 5.69 Å². The van der Waals surface area contributed by atoms with Gasteiger partial charge in [-0.15, -0.1) is 0 Å². The molecule has 2 N–H and O–H groups in total. The Kier molecular flexibility index (Phi) is 4.52. The summed E-state index contributed by atoms with van der Waals surface area (Å²) in [5.41, 5.74) is 3.47. The maximum atomic E-state index is 12.5. The Bertz CT molecular complexity index is 802. The molecule has 0 spiro atoms. The zero-order valence-electron chi connectivity index (χ0n) is 12.7. The first kappa shape index (κ1) is 15.4. The number of H-pyrrole nitrogens is 1. The predicted molar refractivity (Wildman–Crippen MR) is 95.6 cm³/mol. The second kappa shape index (κ2) is 6.75. The Morgan fingerprint density at radius 2 is 2.09 bits per heavy atom. The van der Waals surface area contributed by atoms with Gasteiger partial charge in [0.2, 0.25) is 0 Å². The fourth-order valence-electron chi connectivity index (χ4n) is 2.49. The molecule has 1 atom stereocenters. The lowest BCUT2D eigenvalue weighted by molar-refractivity contribution is 0.246. The third-order valence-electron chi connectivity index (χ3n) is 3.75. The fourth-order valence-corrected chi connectivity index (χ4v) is 2.67. The van der Waals surface area contributed by atoms with Crippen LogP contribution in [0.3, 0.4) is 0 Å². The monoisotopic (exact) mass is 326 g/mol. The third-order valence-corrected chi connectivity index (χ3v) is 4.16. The summed E-state index contributed by atoms with van der Waals surface area (Å²) in [4.78, 5) is 19.7. The lowest BCUT2D eigenvalue weighted by Crippen LogP contribution is -2.36. The molecule has 5 nitrogen and oxygen atoms in total. The number of amides is 2. The highest BCUT2D eigenvalue weighted by molar-refractivity contribution is 7.82. The SMILES string of the molecule is CC[C@@H](NC(=O)N(S)c1ccc2[nH]cnc2c1)c1ccccc1. The number of carbonyl (C=O) groups is 1. The van der Waals surface area contributed by atoms with Crippen LogP contribution in [-0.4, -0.2) is 16.0 Å². The molecule has 6 heteroatoms. The van der Waals surface area contributed by atoms with E-state index in [0.717, 1.165) is 23.0 Å². The Hall–Kier alpha value is -2.47. The van der Waals surface area contributed by atoms with Crippen LogP contribution >= 0.6 is 12.8 Å². The van der Waals surface area contributed by atoms with E-state index in [2.05, 4.69) is 28.1 Å². The second-order valence-corrected chi connectivity index (χ2v) is 5.64. The number of anilines is 1. The summed E-state index contributed by atoms with van der Waals surface area (Å²) in [6, 6.07) is 15.1. The van der Waals surface area contributed by atoms with Gasteiger partial charge in [0.05, 0.1) is 29.1 Å². The van der Waals surface area contributed by atoms with Crippen LogP contribution in [0.1, 0.15) is 24.9 Å². The molecule has 0 aliphatic heterocycles. The number of hydrogen-bond donors (Lipinski definition) is 3. The van der Waals surface area contributed by atoms with Crippen LogP contribution in [-0.2, 0) is 0 Å². The van der Waals surface area contributed by atoms with Gasteiger partial charge in [-0.1, -0.05) is 50.1 Å². The van der Waals surface area contributed by atoms with Gasteiger partial charge in [-0.3, -0.25) is 0 Å². The van der Waals surface area contributed by atoms with Crippen LogP contribution in [0.4, 0.5) is 10.5 Å². The number of aromatic amines is 1. The summed E-state index contributed by atoms with van der Waals surface area (Å²) in [5, 5.41) is 3.01. The molecule has 2 amide bonds. The van der Waals surface area contributed by atoms with Crippen LogP contribution in [0.15, 0.2) is 54.9 Å². The quantitative estimate of drug-likeness (QED) is 0.633. The second-order valence-electron chi connectivity index (χ2n) is 5.24. The maximum absolute atomic E-state index is 12.5. The Morgan fingerprint density at radius 1 is 1.30 bits per heavy atom. The number of carbonyl (C=O) groups excluding carboxylic acids is 1.